The van der Waals surface area contributed by atoms with Crippen LogP contribution in [0.15, 0.2) is 18.2 Å². The van der Waals surface area contributed by atoms with Crippen molar-refractivity contribution in [2.75, 3.05) is 0 Å². The van der Waals surface area contributed by atoms with Gasteiger partial charge in [0.25, 0.3) is 9.76 Å². The molecule has 0 saturated heterocycles. The average Bonchev–Trinajstić information content (AvgIpc) is 2.08. The largest absolute Gasteiger partial charge is 0.431 e. The van der Waals surface area contributed by atoms with Gasteiger partial charge in [-0.25, -0.2) is 0 Å². The quantitative estimate of drug-likeness (QED) is 0.691. The summed E-state index contributed by atoms with van der Waals surface area (Å²) < 4.78 is 4.97. The van der Waals surface area contributed by atoms with Crippen molar-refractivity contribution in [1.29, 1.82) is 0 Å². The van der Waals surface area contributed by atoms with Crippen molar-refractivity contribution < 1.29 is 8.91 Å². The Morgan fingerprint density at radius 3 is 2.75 bits per heavy atom. The van der Waals surface area contributed by atoms with Gasteiger partial charge in [0.15, 0.2) is 0 Å². The summed E-state index contributed by atoms with van der Waals surface area (Å²) in [6.07, 6.45) is 0. The van der Waals surface area contributed by atoms with Gasteiger partial charge < -0.3 is 8.91 Å². The monoisotopic (exact) mass is 194 g/mol. The van der Waals surface area contributed by atoms with E-state index in [1.807, 2.05) is 12.1 Å². The third-order valence-electron chi connectivity index (χ3n) is 1.81. The normalized spacial score (nSPS) is 10.2. The second kappa shape index (κ2) is 4.56. The summed E-state index contributed by atoms with van der Waals surface area (Å²) >= 11 is 0. The summed E-state index contributed by atoms with van der Waals surface area (Å²) in [6.45, 7) is 4.14. The van der Waals surface area contributed by atoms with Gasteiger partial charge in [-0.2, -0.15) is 0 Å². The van der Waals surface area contributed by atoms with Crippen LogP contribution in [0, 0.1) is 13.8 Å². The van der Waals surface area contributed by atoms with Gasteiger partial charge in [-0.1, -0.05) is 18.2 Å². The van der Waals surface area contributed by atoms with Crippen LogP contribution >= 0.6 is 0 Å². The molecule has 0 aromatic heterocycles. The highest BCUT2D eigenvalue weighted by atomic mass is 28.3. The highest BCUT2D eigenvalue weighted by molar-refractivity contribution is 6.53. The van der Waals surface area contributed by atoms with Crippen LogP contribution < -0.4 is 5.19 Å². The summed E-state index contributed by atoms with van der Waals surface area (Å²) in [6, 6.07) is 6.11. The average molecular weight is 194 g/mol. The predicted octanol–water partition coefficient (Wildman–Crippen LogP) is 0.0910. The third kappa shape index (κ3) is 2.28. The van der Waals surface area contributed by atoms with Crippen molar-refractivity contribution in [3.8, 4) is 0 Å². The van der Waals surface area contributed by atoms with E-state index >= 15 is 0 Å². The molecule has 0 spiro atoms. The van der Waals surface area contributed by atoms with E-state index in [0.717, 1.165) is 0 Å². The van der Waals surface area contributed by atoms with Crippen LogP contribution in [-0.4, -0.2) is 24.6 Å². The van der Waals surface area contributed by atoms with E-state index in [0.29, 0.717) is 0 Å². The minimum atomic E-state index is -0.411. The van der Waals surface area contributed by atoms with Crippen LogP contribution in [0.3, 0.4) is 0 Å². The van der Waals surface area contributed by atoms with E-state index in [-0.39, 0.29) is 9.76 Å². The summed E-state index contributed by atoms with van der Waals surface area (Å²) in [7, 11) is -0.149. The van der Waals surface area contributed by atoms with Crippen LogP contribution in [0.4, 0.5) is 0 Å². The maximum Gasteiger partial charge on any atom is 0.418 e. The smallest absolute Gasteiger partial charge is 0.418 e. The van der Waals surface area contributed by atoms with Gasteiger partial charge in [-0.05, 0) is 30.2 Å². The standard InChI is InChI=1S/C8H10O2Si2/c1-6-4-3-5-8(7(6)2)11-10-12-9/h3-5,9H,1-2H3. The first kappa shape index (κ1) is 9.66. The molecule has 1 rings (SSSR count). The lowest BCUT2D eigenvalue weighted by Gasteiger charge is -2.05. The highest BCUT2D eigenvalue weighted by Crippen LogP contribution is 2.01. The molecule has 4 radical (unpaired) electrons. The fraction of sp³-hybridized carbons (Fsp3) is 0.250. The van der Waals surface area contributed by atoms with Gasteiger partial charge in [0.1, 0.15) is 0 Å². The molecular weight excluding hydrogens is 184 g/mol. The summed E-state index contributed by atoms with van der Waals surface area (Å²) in [4.78, 5) is 8.50. The van der Waals surface area contributed by atoms with Gasteiger partial charge in [0, 0.05) is 0 Å². The Morgan fingerprint density at radius 1 is 1.33 bits per heavy atom. The molecule has 0 aliphatic heterocycles. The molecule has 12 heavy (non-hydrogen) atoms. The topological polar surface area (TPSA) is 29.5 Å². The second-order valence-electron chi connectivity index (χ2n) is 2.54. The molecule has 0 bridgehead atoms. The van der Waals surface area contributed by atoms with Crippen molar-refractivity contribution in [3.63, 3.8) is 0 Å². The summed E-state index contributed by atoms with van der Waals surface area (Å²) in [5.41, 5.74) is 2.53. The predicted molar refractivity (Wildman–Crippen MR) is 50.4 cm³/mol. The molecular formula is C8H10O2Si2. The third-order valence-corrected chi connectivity index (χ3v) is 3.35. The van der Waals surface area contributed by atoms with Crippen molar-refractivity contribution in [3.05, 3.63) is 29.3 Å². The van der Waals surface area contributed by atoms with Crippen molar-refractivity contribution in [1.82, 2.24) is 0 Å². The first-order chi connectivity index (χ1) is 5.75. The molecule has 0 amide bonds. The fourth-order valence-corrected chi connectivity index (χ4v) is 2.08. The lowest BCUT2D eigenvalue weighted by molar-refractivity contribution is 0.473. The number of hydrogen-bond acceptors (Lipinski definition) is 2. The van der Waals surface area contributed by atoms with E-state index in [1.165, 1.54) is 16.3 Å². The molecule has 4 heteroatoms. The molecule has 0 unspecified atom stereocenters. The number of rotatable bonds is 3. The van der Waals surface area contributed by atoms with Crippen LogP contribution in [0.25, 0.3) is 0 Å². The molecule has 0 aliphatic rings. The minimum absolute atomic E-state index is 0.262. The molecule has 0 heterocycles. The van der Waals surface area contributed by atoms with Crippen LogP contribution in [0.5, 0.6) is 0 Å². The van der Waals surface area contributed by atoms with E-state index < -0.39 is 10.0 Å². The molecule has 1 N–H and O–H groups in total. The summed E-state index contributed by atoms with van der Waals surface area (Å²) in [5.74, 6) is 0. The molecule has 0 atom stereocenters. The van der Waals surface area contributed by atoms with Crippen LogP contribution in [0.1, 0.15) is 11.1 Å². The molecule has 62 valence electrons. The van der Waals surface area contributed by atoms with Gasteiger partial charge in [0.2, 0.25) is 0 Å². The maximum absolute atomic E-state index is 8.50. The van der Waals surface area contributed by atoms with Gasteiger partial charge >= 0.3 is 10.0 Å². The van der Waals surface area contributed by atoms with Gasteiger partial charge in [-0.3, -0.25) is 0 Å². The van der Waals surface area contributed by atoms with Crippen molar-refractivity contribution in [2.45, 2.75) is 13.8 Å². The lowest BCUT2D eigenvalue weighted by Crippen LogP contribution is -2.22. The Kier molecular flexibility index (Phi) is 3.67. The fourth-order valence-electron chi connectivity index (χ4n) is 0.939. The molecule has 2 nitrogen and oxygen atoms in total. The second-order valence-corrected chi connectivity index (χ2v) is 4.28. The number of aryl methyl sites for hydroxylation is 1. The number of hydrogen-bond donors (Lipinski definition) is 1. The Balaban J connectivity index is 2.78. The van der Waals surface area contributed by atoms with Crippen LogP contribution in [0.2, 0.25) is 0 Å². The highest BCUT2D eigenvalue weighted by Gasteiger charge is 2.02. The van der Waals surface area contributed by atoms with E-state index in [9.17, 15) is 0 Å². The summed E-state index contributed by atoms with van der Waals surface area (Å²) in [5, 5.41) is 1.18. The van der Waals surface area contributed by atoms with E-state index in [2.05, 4.69) is 19.9 Å². The van der Waals surface area contributed by atoms with Crippen molar-refractivity contribution >= 4 is 25.0 Å². The lowest BCUT2D eigenvalue weighted by atomic mass is 10.1. The Morgan fingerprint density at radius 2 is 2.08 bits per heavy atom. The van der Waals surface area contributed by atoms with Crippen molar-refractivity contribution in [2.24, 2.45) is 0 Å². The Hall–Kier alpha value is -0.426. The zero-order valence-corrected chi connectivity index (χ0v) is 9.09. The molecule has 0 aliphatic carbocycles. The molecule has 0 saturated carbocycles. The Bertz CT molecular complexity index is 263. The van der Waals surface area contributed by atoms with Gasteiger partial charge in [-0.15, -0.1) is 0 Å². The first-order valence-corrected chi connectivity index (χ1v) is 5.39. The maximum atomic E-state index is 8.50. The zero-order chi connectivity index (χ0) is 8.97. The number of benzene rings is 1. The minimum Gasteiger partial charge on any atom is -0.431 e. The van der Waals surface area contributed by atoms with E-state index in [4.69, 9.17) is 8.91 Å². The van der Waals surface area contributed by atoms with Gasteiger partial charge in [0.05, 0.1) is 0 Å². The molecule has 1 aromatic rings. The van der Waals surface area contributed by atoms with Crippen LogP contribution in [-0.2, 0) is 4.12 Å². The van der Waals surface area contributed by atoms with E-state index in [1.54, 1.807) is 0 Å². The molecule has 0 fully saturated rings. The molecule has 1 aromatic carbocycles. The first-order valence-electron chi connectivity index (χ1n) is 3.63. The SMILES string of the molecule is Cc1cccc([Si]O[Si]O)c1C. The zero-order valence-electron chi connectivity index (χ0n) is 7.09. The Labute approximate surface area is 77.6 Å².